The van der Waals surface area contributed by atoms with Crippen molar-refractivity contribution in [3.63, 3.8) is 0 Å². The lowest BCUT2D eigenvalue weighted by Gasteiger charge is -2.14. The molecule has 3 aromatic rings. The summed E-state index contributed by atoms with van der Waals surface area (Å²) in [5.74, 6) is 0.540. The minimum absolute atomic E-state index is 0.0332. The van der Waals surface area contributed by atoms with E-state index in [0.29, 0.717) is 22.3 Å². The van der Waals surface area contributed by atoms with Crippen molar-refractivity contribution in [1.82, 2.24) is 0 Å². The standard InChI is InChI=1S/C28H36O6/c1-5-6-7-8-9-10-11-12-13-19-14-15-20-23(18-19)34-26(28(33-4)24(20)29)21-16-17-22(31-2)27(32-3)25(21)30/h14-18,30H,5-13H2,1-4H3. The first-order chi connectivity index (χ1) is 16.5. The highest BCUT2D eigenvalue weighted by Crippen LogP contribution is 2.45. The molecule has 2 aromatic carbocycles. The molecule has 0 atom stereocenters. The zero-order valence-electron chi connectivity index (χ0n) is 20.7. The Morgan fingerprint density at radius 1 is 0.824 bits per heavy atom. The Bertz CT molecular complexity index is 1150. The number of phenolic OH excluding ortho intramolecular Hbond substituents is 1. The fraction of sp³-hybridized carbons (Fsp3) is 0.464. The quantitative estimate of drug-likeness (QED) is 0.276. The zero-order chi connectivity index (χ0) is 24.5. The number of methoxy groups -OCH3 is 3. The summed E-state index contributed by atoms with van der Waals surface area (Å²) in [6.45, 7) is 2.24. The van der Waals surface area contributed by atoms with Gasteiger partial charge in [0.2, 0.25) is 16.9 Å². The van der Waals surface area contributed by atoms with Crippen LogP contribution in [-0.4, -0.2) is 26.4 Å². The van der Waals surface area contributed by atoms with E-state index in [-0.39, 0.29) is 28.4 Å². The molecule has 0 radical (unpaired) electrons. The maximum absolute atomic E-state index is 13.1. The second-order valence-corrected chi connectivity index (χ2v) is 8.55. The van der Waals surface area contributed by atoms with E-state index in [1.54, 1.807) is 18.2 Å². The van der Waals surface area contributed by atoms with Crippen molar-refractivity contribution >= 4 is 11.0 Å². The molecule has 184 valence electrons. The summed E-state index contributed by atoms with van der Waals surface area (Å²) in [7, 11) is 4.34. The number of aryl methyl sites for hydroxylation is 1. The van der Waals surface area contributed by atoms with E-state index in [0.717, 1.165) is 18.4 Å². The predicted molar refractivity (Wildman–Crippen MR) is 136 cm³/mol. The third-order valence-corrected chi connectivity index (χ3v) is 6.20. The van der Waals surface area contributed by atoms with E-state index in [9.17, 15) is 9.90 Å². The van der Waals surface area contributed by atoms with Crippen LogP contribution >= 0.6 is 0 Å². The number of benzene rings is 2. The van der Waals surface area contributed by atoms with E-state index in [1.165, 1.54) is 66.3 Å². The van der Waals surface area contributed by atoms with E-state index >= 15 is 0 Å². The zero-order valence-corrected chi connectivity index (χ0v) is 20.7. The van der Waals surface area contributed by atoms with Crippen LogP contribution in [0.1, 0.15) is 63.9 Å². The summed E-state index contributed by atoms with van der Waals surface area (Å²) in [5.41, 5.74) is 1.59. The van der Waals surface area contributed by atoms with Crippen LogP contribution in [0.3, 0.4) is 0 Å². The van der Waals surface area contributed by atoms with Gasteiger partial charge in [-0.1, -0.05) is 57.9 Å². The maximum atomic E-state index is 13.1. The molecule has 0 spiro atoms. The molecule has 1 heterocycles. The molecule has 0 aliphatic rings. The molecule has 0 aliphatic heterocycles. The van der Waals surface area contributed by atoms with Gasteiger partial charge in [-0.3, -0.25) is 4.79 Å². The molecule has 0 unspecified atom stereocenters. The Hall–Kier alpha value is -3.15. The van der Waals surface area contributed by atoms with Crippen molar-refractivity contribution in [3.8, 4) is 34.3 Å². The van der Waals surface area contributed by atoms with Crippen LogP contribution in [-0.2, 0) is 6.42 Å². The van der Waals surface area contributed by atoms with Gasteiger partial charge in [0.15, 0.2) is 17.3 Å². The fourth-order valence-corrected chi connectivity index (χ4v) is 4.30. The second-order valence-electron chi connectivity index (χ2n) is 8.55. The van der Waals surface area contributed by atoms with E-state index in [4.69, 9.17) is 18.6 Å². The lowest BCUT2D eigenvalue weighted by atomic mass is 10.0. The molecule has 0 amide bonds. The number of aromatic hydroxyl groups is 1. The number of hydrogen-bond donors (Lipinski definition) is 1. The average molecular weight is 469 g/mol. The number of unbranched alkanes of at least 4 members (excludes halogenated alkanes) is 7. The van der Waals surface area contributed by atoms with E-state index < -0.39 is 0 Å². The molecule has 0 saturated heterocycles. The number of ether oxygens (including phenoxy) is 3. The molecular weight excluding hydrogens is 432 g/mol. The molecule has 1 N–H and O–H groups in total. The number of rotatable bonds is 13. The summed E-state index contributed by atoms with van der Waals surface area (Å²) in [5, 5.41) is 11.2. The van der Waals surface area contributed by atoms with Crippen molar-refractivity contribution in [2.45, 2.75) is 64.7 Å². The van der Waals surface area contributed by atoms with Gasteiger partial charge in [-0.2, -0.15) is 0 Å². The van der Waals surface area contributed by atoms with Crippen molar-refractivity contribution in [3.05, 3.63) is 46.1 Å². The third-order valence-electron chi connectivity index (χ3n) is 6.20. The highest BCUT2D eigenvalue weighted by atomic mass is 16.5. The highest BCUT2D eigenvalue weighted by molar-refractivity contribution is 5.84. The van der Waals surface area contributed by atoms with Crippen molar-refractivity contribution in [2.75, 3.05) is 21.3 Å². The van der Waals surface area contributed by atoms with Gasteiger partial charge in [0.25, 0.3) is 0 Å². The van der Waals surface area contributed by atoms with Crippen molar-refractivity contribution in [1.29, 1.82) is 0 Å². The minimum Gasteiger partial charge on any atom is -0.504 e. The van der Waals surface area contributed by atoms with E-state index in [1.807, 2.05) is 12.1 Å². The Balaban J connectivity index is 1.86. The van der Waals surface area contributed by atoms with Crippen LogP contribution in [0, 0.1) is 0 Å². The molecule has 6 heteroatoms. The predicted octanol–water partition coefficient (Wildman–Crippen LogP) is 6.87. The molecule has 1 aromatic heterocycles. The number of fused-ring (bicyclic) bond motifs is 1. The molecule has 3 rings (SSSR count). The van der Waals surface area contributed by atoms with Gasteiger partial charge >= 0.3 is 0 Å². The van der Waals surface area contributed by atoms with Gasteiger partial charge in [0, 0.05) is 0 Å². The smallest absolute Gasteiger partial charge is 0.235 e. The molecule has 0 aliphatic carbocycles. The van der Waals surface area contributed by atoms with Crippen LogP contribution in [0.4, 0.5) is 0 Å². The Morgan fingerprint density at radius 2 is 1.50 bits per heavy atom. The molecule has 6 nitrogen and oxygen atoms in total. The normalized spacial score (nSPS) is 11.1. The molecular formula is C28H36O6. The van der Waals surface area contributed by atoms with Crippen LogP contribution in [0.25, 0.3) is 22.3 Å². The van der Waals surface area contributed by atoms with Crippen molar-refractivity contribution in [2.24, 2.45) is 0 Å². The number of hydrogen-bond acceptors (Lipinski definition) is 6. The third kappa shape index (κ3) is 5.66. The monoisotopic (exact) mass is 468 g/mol. The maximum Gasteiger partial charge on any atom is 0.235 e. The molecule has 0 saturated carbocycles. The average Bonchev–Trinajstić information content (AvgIpc) is 2.85. The Morgan fingerprint density at radius 3 is 2.15 bits per heavy atom. The fourth-order valence-electron chi connectivity index (χ4n) is 4.30. The Labute approximate surface area is 201 Å². The van der Waals surface area contributed by atoms with Gasteiger partial charge < -0.3 is 23.7 Å². The lowest BCUT2D eigenvalue weighted by molar-refractivity contribution is 0.333. The van der Waals surface area contributed by atoms with E-state index in [2.05, 4.69) is 6.92 Å². The van der Waals surface area contributed by atoms with Crippen LogP contribution in [0.15, 0.2) is 39.5 Å². The SMILES string of the molecule is CCCCCCCCCCc1ccc2c(=O)c(OC)c(-c3ccc(OC)c(OC)c3O)oc2c1. The minimum atomic E-state index is -0.286. The first kappa shape index (κ1) is 25.5. The molecule has 0 fully saturated rings. The van der Waals surface area contributed by atoms with Gasteiger partial charge in [-0.15, -0.1) is 0 Å². The first-order valence-electron chi connectivity index (χ1n) is 12.1. The van der Waals surface area contributed by atoms with Crippen molar-refractivity contribution < 1.29 is 23.7 Å². The summed E-state index contributed by atoms with van der Waals surface area (Å²) in [4.78, 5) is 13.1. The van der Waals surface area contributed by atoms with Crippen LogP contribution in [0.2, 0.25) is 0 Å². The van der Waals surface area contributed by atoms with Gasteiger partial charge in [-0.05, 0) is 42.7 Å². The van der Waals surface area contributed by atoms with Gasteiger partial charge in [0.05, 0.1) is 32.3 Å². The molecule has 0 bridgehead atoms. The summed E-state index contributed by atoms with van der Waals surface area (Å²) >= 11 is 0. The summed E-state index contributed by atoms with van der Waals surface area (Å²) < 4.78 is 22.1. The van der Waals surface area contributed by atoms with Crippen LogP contribution < -0.4 is 19.6 Å². The second kappa shape index (κ2) is 12.4. The summed E-state index contributed by atoms with van der Waals surface area (Å²) in [6, 6.07) is 8.96. The Kier molecular flexibility index (Phi) is 9.25. The molecule has 34 heavy (non-hydrogen) atoms. The van der Waals surface area contributed by atoms with Crippen LogP contribution in [0.5, 0.6) is 23.0 Å². The lowest BCUT2D eigenvalue weighted by Crippen LogP contribution is -2.08. The van der Waals surface area contributed by atoms with Gasteiger partial charge in [-0.25, -0.2) is 0 Å². The summed E-state index contributed by atoms with van der Waals surface area (Å²) in [6.07, 6.45) is 11.0. The van der Waals surface area contributed by atoms with Gasteiger partial charge in [0.1, 0.15) is 5.58 Å². The topological polar surface area (TPSA) is 78.1 Å². The first-order valence-corrected chi connectivity index (χ1v) is 12.1. The number of phenols is 1. The largest absolute Gasteiger partial charge is 0.504 e. The highest BCUT2D eigenvalue weighted by Gasteiger charge is 2.23.